The summed E-state index contributed by atoms with van der Waals surface area (Å²) in [7, 11) is 0. The molecule has 7 heteroatoms. The first kappa shape index (κ1) is 20.2. The molecule has 32 heavy (non-hydrogen) atoms. The van der Waals surface area contributed by atoms with Gasteiger partial charge >= 0.3 is 0 Å². The largest absolute Gasteiger partial charge is 0.274 e. The predicted octanol–water partition coefficient (Wildman–Crippen LogP) is 4.21. The van der Waals surface area contributed by atoms with Crippen molar-refractivity contribution in [1.82, 2.24) is 10.2 Å². The lowest BCUT2D eigenvalue weighted by Gasteiger charge is -2.18. The van der Waals surface area contributed by atoms with Crippen LogP contribution >= 0.6 is 11.6 Å². The van der Waals surface area contributed by atoms with Gasteiger partial charge in [-0.1, -0.05) is 66.2 Å². The molecule has 0 radical (unpaired) electrons. The van der Waals surface area contributed by atoms with Crippen LogP contribution in [0.3, 0.4) is 0 Å². The second kappa shape index (κ2) is 8.05. The number of benzene rings is 3. The van der Waals surface area contributed by atoms with Crippen LogP contribution in [0.2, 0.25) is 5.02 Å². The van der Waals surface area contributed by atoms with Gasteiger partial charge in [0.05, 0.1) is 27.7 Å². The predicted molar refractivity (Wildman–Crippen MR) is 123 cm³/mol. The highest BCUT2D eigenvalue weighted by Gasteiger charge is 2.41. The van der Waals surface area contributed by atoms with Gasteiger partial charge in [0.1, 0.15) is 0 Å². The van der Waals surface area contributed by atoms with Crippen molar-refractivity contribution >= 4 is 39.9 Å². The van der Waals surface area contributed by atoms with E-state index in [2.05, 4.69) is 10.2 Å². The SMILES string of the molecule is O=C1CC(c2ccccc2)C(=O)N1c1cc(Cc2n[nH]c(=O)c3ccccc23)ccc1Cl. The first-order valence-electron chi connectivity index (χ1n) is 10.2. The number of imide groups is 1. The Morgan fingerprint density at radius 1 is 0.938 bits per heavy atom. The third-order valence-electron chi connectivity index (χ3n) is 5.75. The molecular formula is C25H18ClN3O3. The van der Waals surface area contributed by atoms with Crippen LogP contribution in [0.4, 0.5) is 5.69 Å². The minimum Gasteiger partial charge on any atom is -0.274 e. The van der Waals surface area contributed by atoms with Crippen LogP contribution in [0.1, 0.15) is 29.2 Å². The summed E-state index contributed by atoms with van der Waals surface area (Å²) in [5, 5.41) is 8.38. The number of hydrogen-bond acceptors (Lipinski definition) is 4. The Labute approximate surface area is 188 Å². The number of carbonyl (C=O) groups excluding carboxylic acids is 2. The van der Waals surface area contributed by atoms with Gasteiger partial charge in [-0.25, -0.2) is 10.00 Å². The average Bonchev–Trinajstić information content (AvgIpc) is 3.11. The average molecular weight is 444 g/mol. The molecule has 4 aromatic rings. The van der Waals surface area contributed by atoms with Crippen molar-refractivity contribution in [2.75, 3.05) is 4.90 Å². The molecule has 1 saturated heterocycles. The molecule has 158 valence electrons. The van der Waals surface area contributed by atoms with Gasteiger partial charge in [-0.05, 0) is 29.3 Å². The van der Waals surface area contributed by atoms with Gasteiger partial charge in [-0.3, -0.25) is 14.4 Å². The van der Waals surface area contributed by atoms with Gasteiger partial charge < -0.3 is 0 Å². The molecule has 2 heterocycles. The van der Waals surface area contributed by atoms with Gasteiger partial charge in [0.15, 0.2) is 0 Å². The van der Waals surface area contributed by atoms with Crippen molar-refractivity contribution in [1.29, 1.82) is 0 Å². The maximum atomic E-state index is 13.1. The summed E-state index contributed by atoms with van der Waals surface area (Å²) < 4.78 is 0. The molecular weight excluding hydrogens is 426 g/mol. The monoisotopic (exact) mass is 443 g/mol. The van der Waals surface area contributed by atoms with Gasteiger partial charge in [0.2, 0.25) is 11.8 Å². The van der Waals surface area contributed by atoms with Crippen molar-refractivity contribution in [2.24, 2.45) is 0 Å². The minimum atomic E-state index is -0.520. The molecule has 1 aliphatic rings. The van der Waals surface area contributed by atoms with Crippen LogP contribution in [0.15, 0.2) is 77.6 Å². The topological polar surface area (TPSA) is 83.1 Å². The third-order valence-corrected chi connectivity index (χ3v) is 6.07. The Balaban J connectivity index is 1.50. The Morgan fingerprint density at radius 3 is 2.44 bits per heavy atom. The molecule has 2 amide bonds. The summed E-state index contributed by atoms with van der Waals surface area (Å²) in [5.41, 5.74) is 2.43. The second-order valence-electron chi connectivity index (χ2n) is 7.74. The summed E-state index contributed by atoms with van der Waals surface area (Å²) in [4.78, 5) is 39.2. The number of amides is 2. The Morgan fingerprint density at radius 2 is 1.66 bits per heavy atom. The standard InChI is InChI=1S/C25H18ClN3O3/c26-20-11-10-15(12-21-17-8-4-5-9-18(17)24(31)28-27-21)13-22(20)29-23(30)14-19(25(29)32)16-6-2-1-3-7-16/h1-11,13,19H,12,14H2,(H,28,31). The number of aromatic amines is 1. The van der Waals surface area contributed by atoms with Crippen LogP contribution in [-0.4, -0.2) is 22.0 Å². The molecule has 1 N–H and O–H groups in total. The van der Waals surface area contributed by atoms with E-state index in [1.807, 2.05) is 48.5 Å². The number of rotatable bonds is 4. The molecule has 0 bridgehead atoms. The molecule has 5 rings (SSSR count). The van der Waals surface area contributed by atoms with Gasteiger partial charge in [-0.2, -0.15) is 5.10 Å². The molecule has 1 aromatic heterocycles. The first-order chi connectivity index (χ1) is 15.5. The second-order valence-corrected chi connectivity index (χ2v) is 8.15. The van der Waals surface area contributed by atoms with E-state index >= 15 is 0 Å². The van der Waals surface area contributed by atoms with E-state index in [4.69, 9.17) is 11.6 Å². The van der Waals surface area contributed by atoms with Crippen molar-refractivity contribution in [3.63, 3.8) is 0 Å². The van der Waals surface area contributed by atoms with E-state index in [0.717, 1.165) is 16.5 Å². The maximum Gasteiger partial charge on any atom is 0.272 e. The minimum absolute atomic E-state index is 0.107. The zero-order valence-electron chi connectivity index (χ0n) is 16.9. The van der Waals surface area contributed by atoms with Gasteiger partial charge in [-0.15, -0.1) is 0 Å². The van der Waals surface area contributed by atoms with E-state index in [0.29, 0.717) is 28.2 Å². The van der Waals surface area contributed by atoms with E-state index in [-0.39, 0.29) is 23.8 Å². The van der Waals surface area contributed by atoms with Gasteiger partial charge in [0.25, 0.3) is 5.56 Å². The van der Waals surface area contributed by atoms with Crippen LogP contribution in [0, 0.1) is 0 Å². The summed E-state index contributed by atoms with van der Waals surface area (Å²) in [6.45, 7) is 0. The maximum absolute atomic E-state index is 13.1. The molecule has 1 aliphatic heterocycles. The number of carbonyl (C=O) groups is 2. The molecule has 0 aliphatic carbocycles. The zero-order chi connectivity index (χ0) is 22.2. The molecule has 3 aromatic carbocycles. The fourth-order valence-electron chi connectivity index (χ4n) is 4.17. The normalized spacial score (nSPS) is 16.2. The number of fused-ring (bicyclic) bond motifs is 1. The van der Waals surface area contributed by atoms with E-state index < -0.39 is 5.92 Å². The number of nitrogens with zero attached hydrogens (tertiary/aromatic N) is 2. The number of H-pyrrole nitrogens is 1. The number of anilines is 1. The Hall–Kier alpha value is -3.77. The summed E-state index contributed by atoms with van der Waals surface area (Å²) in [6.07, 6.45) is 0.509. The number of nitrogens with one attached hydrogen (secondary N) is 1. The lowest BCUT2D eigenvalue weighted by Crippen LogP contribution is -2.30. The van der Waals surface area contributed by atoms with Crippen molar-refractivity contribution in [2.45, 2.75) is 18.8 Å². The number of aromatic nitrogens is 2. The summed E-state index contributed by atoms with van der Waals surface area (Å²) in [6, 6.07) is 21.8. The van der Waals surface area contributed by atoms with E-state index in [1.54, 1.807) is 24.3 Å². The van der Waals surface area contributed by atoms with Crippen molar-refractivity contribution < 1.29 is 9.59 Å². The van der Waals surface area contributed by atoms with E-state index in [1.165, 1.54) is 4.90 Å². The van der Waals surface area contributed by atoms with Crippen LogP contribution in [0.25, 0.3) is 10.8 Å². The molecule has 1 fully saturated rings. The van der Waals surface area contributed by atoms with Crippen molar-refractivity contribution in [3.05, 3.63) is 105 Å². The fourth-order valence-corrected chi connectivity index (χ4v) is 4.37. The first-order valence-corrected chi connectivity index (χ1v) is 10.6. The summed E-state index contributed by atoms with van der Waals surface area (Å²) >= 11 is 6.41. The smallest absolute Gasteiger partial charge is 0.272 e. The highest BCUT2D eigenvalue weighted by molar-refractivity contribution is 6.36. The van der Waals surface area contributed by atoms with Crippen LogP contribution in [-0.2, 0) is 16.0 Å². The lowest BCUT2D eigenvalue weighted by atomic mass is 9.98. The molecule has 1 unspecified atom stereocenters. The molecule has 0 saturated carbocycles. The molecule has 6 nitrogen and oxygen atoms in total. The number of hydrogen-bond donors (Lipinski definition) is 1. The highest BCUT2D eigenvalue weighted by Crippen LogP contribution is 2.37. The molecule has 0 spiro atoms. The Bertz CT molecular complexity index is 1420. The van der Waals surface area contributed by atoms with Gasteiger partial charge in [0, 0.05) is 18.2 Å². The Kier molecular flexibility index (Phi) is 5.07. The quantitative estimate of drug-likeness (QED) is 0.479. The fraction of sp³-hybridized carbons (Fsp3) is 0.120. The van der Waals surface area contributed by atoms with Crippen LogP contribution in [0.5, 0.6) is 0 Å². The van der Waals surface area contributed by atoms with E-state index in [9.17, 15) is 14.4 Å². The third kappa shape index (κ3) is 3.48. The summed E-state index contributed by atoms with van der Waals surface area (Å²) in [5.74, 6) is -1.09. The number of halogens is 1. The molecule has 1 atom stereocenters. The lowest BCUT2D eigenvalue weighted by molar-refractivity contribution is -0.121. The van der Waals surface area contributed by atoms with Crippen molar-refractivity contribution in [3.8, 4) is 0 Å². The highest BCUT2D eigenvalue weighted by atomic mass is 35.5. The zero-order valence-corrected chi connectivity index (χ0v) is 17.7. The van der Waals surface area contributed by atoms with Crippen LogP contribution < -0.4 is 10.5 Å².